The fourth-order valence-electron chi connectivity index (χ4n) is 1.87. The van der Waals surface area contributed by atoms with Gasteiger partial charge >= 0.3 is 0 Å². The highest BCUT2D eigenvalue weighted by Gasteiger charge is 2.06. The summed E-state index contributed by atoms with van der Waals surface area (Å²) in [4.78, 5) is 14.1. The molecule has 3 nitrogen and oxygen atoms in total. The summed E-state index contributed by atoms with van der Waals surface area (Å²) in [6.07, 6.45) is 1.07. The van der Waals surface area contributed by atoms with Gasteiger partial charge in [-0.25, -0.2) is 0 Å². The predicted molar refractivity (Wildman–Crippen MR) is 81.9 cm³/mol. The van der Waals surface area contributed by atoms with E-state index in [0.717, 1.165) is 18.7 Å². The minimum atomic E-state index is -0.00876. The summed E-state index contributed by atoms with van der Waals surface area (Å²) in [6, 6.07) is 9.78. The third-order valence-corrected chi connectivity index (χ3v) is 4.19. The monoisotopic (exact) mass is 274 g/mol. The lowest BCUT2D eigenvalue weighted by Crippen LogP contribution is -2.03. The van der Waals surface area contributed by atoms with Crippen molar-refractivity contribution in [2.75, 3.05) is 11.1 Å². The molecule has 1 aromatic carbocycles. The maximum atomic E-state index is 11.4. The van der Waals surface area contributed by atoms with E-state index in [4.69, 9.17) is 5.73 Å². The number of anilines is 2. The molecular formula is C15H18N2OS. The molecule has 0 aliphatic rings. The van der Waals surface area contributed by atoms with Crippen LogP contribution in [0.25, 0.3) is 0 Å². The van der Waals surface area contributed by atoms with Crippen molar-refractivity contribution in [3.05, 3.63) is 45.6 Å². The van der Waals surface area contributed by atoms with E-state index in [1.807, 2.05) is 23.5 Å². The van der Waals surface area contributed by atoms with E-state index in [9.17, 15) is 4.79 Å². The van der Waals surface area contributed by atoms with Crippen molar-refractivity contribution in [2.45, 2.75) is 26.8 Å². The Kier molecular flexibility index (Phi) is 4.22. The van der Waals surface area contributed by atoms with Crippen LogP contribution < -0.4 is 11.1 Å². The van der Waals surface area contributed by atoms with Gasteiger partial charge in [-0.1, -0.05) is 6.92 Å². The number of hydrogen-bond donors (Lipinski definition) is 2. The fourth-order valence-corrected chi connectivity index (χ4v) is 2.77. The summed E-state index contributed by atoms with van der Waals surface area (Å²) in [5.41, 5.74) is 7.80. The second-order valence-corrected chi connectivity index (χ2v) is 5.69. The van der Waals surface area contributed by atoms with E-state index >= 15 is 0 Å². The number of nitrogen functional groups attached to an aromatic ring is 1. The number of nitrogens with one attached hydrogen (secondary N) is 1. The molecule has 3 N–H and O–H groups in total. The quantitative estimate of drug-likeness (QED) is 0.645. The van der Waals surface area contributed by atoms with E-state index in [0.29, 0.717) is 11.3 Å². The van der Waals surface area contributed by atoms with Gasteiger partial charge in [0, 0.05) is 33.2 Å². The van der Waals surface area contributed by atoms with Crippen LogP contribution in [0, 0.1) is 0 Å². The Balaban J connectivity index is 2.07. The predicted octanol–water partition coefficient (Wildman–Crippen LogP) is 3.71. The fraction of sp³-hybridized carbons (Fsp3) is 0.267. The number of carbonyl (C=O) groups is 1. The van der Waals surface area contributed by atoms with E-state index in [-0.39, 0.29) is 5.78 Å². The molecule has 0 radical (unpaired) electrons. The number of carbonyl (C=O) groups excluding carboxylic acids is 1. The Bertz CT molecular complexity index is 590. The first-order valence-corrected chi connectivity index (χ1v) is 7.13. The third kappa shape index (κ3) is 3.35. The van der Waals surface area contributed by atoms with Crippen molar-refractivity contribution in [2.24, 2.45) is 0 Å². The lowest BCUT2D eigenvalue weighted by atomic mass is 10.1. The third-order valence-electron chi connectivity index (χ3n) is 2.97. The molecule has 0 amide bonds. The zero-order chi connectivity index (χ0) is 13.8. The van der Waals surface area contributed by atoms with Crippen LogP contribution in [0.2, 0.25) is 0 Å². The van der Waals surface area contributed by atoms with Gasteiger partial charge in [-0.05, 0) is 43.7 Å². The smallest absolute Gasteiger partial charge is 0.161 e. The molecule has 0 atom stereocenters. The van der Waals surface area contributed by atoms with Crippen molar-refractivity contribution >= 4 is 28.5 Å². The molecule has 1 aromatic heterocycles. The van der Waals surface area contributed by atoms with Gasteiger partial charge in [0.05, 0.1) is 0 Å². The number of hydrogen-bond acceptors (Lipinski definition) is 4. The first-order chi connectivity index (χ1) is 9.10. The number of Topliss-reactive ketones (excluding diaryl/α,β-unsaturated/α-hetero) is 1. The number of benzene rings is 1. The minimum absolute atomic E-state index is 0.00876. The first-order valence-electron chi connectivity index (χ1n) is 6.32. The number of rotatable bonds is 5. The number of aryl methyl sites for hydroxylation is 1. The van der Waals surface area contributed by atoms with Crippen molar-refractivity contribution in [1.82, 2.24) is 0 Å². The van der Waals surface area contributed by atoms with Crippen molar-refractivity contribution < 1.29 is 4.79 Å². The molecule has 19 heavy (non-hydrogen) atoms. The Morgan fingerprint density at radius 3 is 2.63 bits per heavy atom. The highest BCUT2D eigenvalue weighted by atomic mass is 32.1. The summed E-state index contributed by atoms with van der Waals surface area (Å²) >= 11 is 1.81. The Morgan fingerprint density at radius 1 is 1.26 bits per heavy atom. The topological polar surface area (TPSA) is 55.1 Å². The zero-order valence-corrected chi connectivity index (χ0v) is 12.0. The zero-order valence-electron chi connectivity index (χ0n) is 11.2. The highest BCUT2D eigenvalue weighted by Crippen LogP contribution is 2.21. The van der Waals surface area contributed by atoms with Gasteiger partial charge in [-0.15, -0.1) is 11.3 Å². The number of ketones is 1. The van der Waals surface area contributed by atoms with E-state index < -0.39 is 0 Å². The molecule has 0 saturated heterocycles. The van der Waals surface area contributed by atoms with Gasteiger partial charge in [-0.3, -0.25) is 4.79 Å². The SMILES string of the molecule is CCc1ccc(CNc2ccc(N)c(C(C)=O)c2)s1. The summed E-state index contributed by atoms with van der Waals surface area (Å²) < 4.78 is 0. The highest BCUT2D eigenvalue weighted by molar-refractivity contribution is 7.12. The summed E-state index contributed by atoms with van der Waals surface area (Å²) in [5.74, 6) is -0.00876. The van der Waals surface area contributed by atoms with Gasteiger partial charge < -0.3 is 11.1 Å². The van der Waals surface area contributed by atoms with Crippen molar-refractivity contribution in [1.29, 1.82) is 0 Å². The summed E-state index contributed by atoms with van der Waals surface area (Å²) in [7, 11) is 0. The molecule has 0 spiro atoms. The molecule has 0 aliphatic heterocycles. The summed E-state index contributed by atoms with van der Waals surface area (Å²) in [5, 5.41) is 3.32. The first kappa shape index (κ1) is 13.6. The van der Waals surface area contributed by atoms with E-state index in [2.05, 4.69) is 24.4 Å². The standard InChI is InChI=1S/C15H18N2OS/c1-3-12-5-6-13(19-12)9-17-11-4-7-15(16)14(8-11)10(2)18/h4-8,17H,3,9,16H2,1-2H3. The maximum Gasteiger partial charge on any atom is 0.161 e. The van der Waals surface area contributed by atoms with Crippen molar-refractivity contribution in [3.8, 4) is 0 Å². The molecule has 1 heterocycles. The second kappa shape index (κ2) is 5.89. The molecule has 0 bridgehead atoms. The second-order valence-electron chi connectivity index (χ2n) is 4.43. The van der Waals surface area contributed by atoms with Crippen LogP contribution in [0.1, 0.15) is 34.0 Å². The van der Waals surface area contributed by atoms with E-state index in [1.165, 1.54) is 16.7 Å². The van der Waals surface area contributed by atoms with Crippen LogP contribution in [-0.2, 0) is 13.0 Å². The van der Waals surface area contributed by atoms with Gasteiger partial charge in [-0.2, -0.15) is 0 Å². The normalized spacial score (nSPS) is 10.4. The minimum Gasteiger partial charge on any atom is -0.398 e. The van der Waals surface area contributed by atoms with E-state index in [1.54, 1.807) is 6.07 Å². The van der Waals surface area contributed by atoms with Crippen LogP contribution >= 0.6 is 11.3 Å². The molecule has 0 saturated carbocycles. The van der Waals surface area contributed by atoms with Crippen LogP contribution in [0.3, 0.4) is 0 Å². The number of nitrogens with two attached hydrogens (primary N) is 1. The molecule has 0 aliphatic carbocycles. The Labute approximate surface area is 117 Å². The summed E-state index contributed by atoms with van der Waals surface area (Å²) in [6.45, 7) is 4.45. The van der Waals surface area contributed by atoms with Crippen LogP contribution in [-0.4, -0.2) is 5.78 Å². The maximum absolute atomic E-state index is 11.4. The van der Waals surface area contributed by atoms with Gasteiger partial charge in [0.2, 0.25) is 0 Å². The van der Waals surface area contributed by atoms with Crippen LogP contribution in [0.5, 0.6) is 0 Å². The van der Waals surface area contributed by atoms with Crippen LogP contribution in [0.15, 0.2) is 30.3 Å². The van der Waals surface area contributed by atoms with Crippen LogP contribution in [0.4, 0.5) is 11.4 Å². The Morgan fingerprint density at radius 2 is 2.00 bits per heavy atom. The van der Waals surface area contributed by atoms with Crippen molar-refractivity contribution in [3.63, 3.8) is 0 Å². The van der Waals surface area contributed by atoms with Gasteiger partial charge in [0.15, 0.2) is 5.78 Å². The van der Waals surface area contributed by atoms with Gasteiger partial charge in [0.25, 0.3) is 0 Å². The molecule has 2 rings (SSSR count). The lowest BCUT2D eigenvalue weighted by Gasteiger charge is -2.08. The molecular weight excluding hydrogens is 256 g/mol. The molecule has 0 unspecified atom stereocenters. The molecule has 100 valence electrons. The average Bonchev–Trinajstić information content (AvgIpc) is 2.85. The molecule has 4 heteroatoms. The Hall–Kier alpha value is -1.81. The average molecular weight is 274 g/mol. The van der Waals surface area contributed by atoms with Gasteiger partial charge in [0.1, 0.15) is 0 Å². The largest absolute Gasteiger partial charge is 0.398 e. The molecule has 0 fully saturated rings. The number of thiophene rings is 1. The molecule has 2 aromatic rings. The lowest BCUT2D eigenvalue weighted by molar-refractivity contribution is 0.101.